The second-order valence-electron chi connectivity index (χ2n) is 4.79. The van der Waals surface area contributed by atoms with Gasteiger partial charge in [0.15, 0.2) is 0 Å². The van der Waals surface area contributed by atoms with Gasteiger partial charge in [-0.1, -0.05) is 26.2 Å². The monoisotopic (exact) mass is 257 g/mol. The van der Waals surface area contributed by atoms with Crippen molar-refractivity contribution in [2.45, 2.75) is 57.6 Å². The molecule has 0 spiro atoms. The molecular weight excluding hydrogens is 234 g/mol. The molecular formula is C13H23NO4. The van der Waals surface area contributed by atoms with Gasteiger partial charge < -0.3 is 14.7 Å². The molecule has 1 aliphatic heterocycles. The summed E-state index contributed by atoms with van der Waals surface area (Å²) in [7, 11) is 1.30. The normalized spacial score (nSPS) is 23.2. The number of carbonyl (C=O) groups excluding carboxylic acids is 2. The zero-order valence-electron chi connectivity index (χ0n) is 11.2. The van der Waals surface area contributed by atoms with Gasteiger partial charge in [-0.15, -0.1) is 0 Å². The van der Waals surface area contributed by atoms with E-state index >= 15 is 0 Å². The van der Waals surface area contributed by atoms with Gasteiger partial charge in [-0.3, -0.25) is 4.79 Å². The van der Waals surface area contributed by atoms with Crippen LogP contribution in [0.2, 0.25) is 0 Å². The zero-order valence-corrected chi connectivity index (χ0v) is 11.2. The maximum absolute atomic E-state index is 12.0. The Morgan fingerprint density at radius 3 is 2.67 bits per heavy atom. The molecule has 0 aromatic rings. The molecule has 104 valence electrons. The maximum Gasteiger partial charge on any atom is 0.328 e. The van der Waals surface area contributed by atoms with Gasteiger partial charge in [-0.25, -0.2) is 4.79 Å². The van der Waals surface area contributed by atoms with Crippen molar-refractivity contribution < 1.29 is 19.4 Å². The first-order valence-electron chi connectivity index (χ1n) is 6.65. The van der Waals surface area contributed by atoms with E-state index < -0.39 is 18.1 Å². The highest BCUT2D eigenvalue weighted by Crippen LogP contribution is 2.20. The predicted molar refractivity (Wildman–Crippen MR) is 66.9 cm³/mol. The molecule has 0 aromatic carbocycles. The van der Waals surface area contributed by atoms with Crippen LogP contribution in [0.25, 0.3) is 0 Å². The quantitative estimate of drug-likeness (QED) is 0.571. The fourth-order valence-electron chi connectivity index (χ4n) is 2.30. The van der Waals surface area contributed by atoms with Gasteiger partial charge in [-0.05, 0) is 6.42 Å². The fraction of sp³-hybridized carbons (Fsp3) is 0.846. The standard InChI is InChI=1S/C13H23NO4/c1-3-4-5-6-7-12(16)14-9-10(15)8-11(14)13(17)18-2/h10-11,15H,3-9H2,1-2H3. The molecule has 2 atom stereocenters. The number of hydrogen-bond donors (Lipinski definition) is 1. The molecule has 1 rings (SSSR count). The Morgan fingerprint density at radius 2 is 2.06 bits per heavy atom. The maximum atomic E-state index is 12.0. The van der Waals surface area contributed by atoms with Crippen LogP contribution >= 0.6 is 0 Å². The van der Waals surface area contributed by atoms with Gasteiger partial charge >= 0.3 is 5.97 Å². The number of hydrogen-bond acceptors (Lipinski definition) is 4. The second kappa shape index (κ2) is 7.36. The molecule has 0 bridgehead atoms. The summed E-state index contributed by atoms with van der Waals surface area (Å²) >= 11 is 0. The number of nitrogens with zero attached hydrogens (tertiary/aromatic N) is 1. The minimum atomic E-state index is -0.617. The molecule has 1 saturated heterocycles. The molecule has 0 saturated carbocycles. The minimum Gasteiger partial charge on any atom is -0.467 e. The van der Waals surface area contributed by atoms with Crippen molar-refractivity contribution in [3.8, 4) is 0 Å². The average molecular weight is 257 g/mol. The van der Waals surface area contributed by atoms with E-state index in [1.165, 1.54) is 12.0 Å². The minimum absolute atomic E-state index is 0.0574. The number of β-amino-alcohol motifs (C(OH)–C–C–N with tert-alkyl or cyclic N) is 1. The number of carbonyl (C=O) groups is 2. The number of aliphatic hydroxyl groups excluding tert-OH is 1. The van der Waals surface area contributed by atoms with Crippen LogP contribution in [0.4, 0.5) is 0 Å². The lowest BCUT2D eigenvalue weighted by molar-refractivity contribution is -0.151. The Hall–Kier alpha value is -1.10. The molecule has 0 aliphatic carbocycles. The number of esters is 1. The molecule has 1 fully saturated rings. The topological polar surface area (TPSA) is 66.8 Å². The number of ether oxygens (including phenoxy) is 1. The smallest absolute Gasteiger partial charge is 0.328 e. The molecule has 1 amide bonds. The molecule has 1 heterocycles. The molecule has 1 aliphatic rings. The SMILES string of the molecule is CCCCCCC(=O)N1CC(O)CC1C(=O)OC. The highest BCUT2D eigenvalue weighted by molar-refractivity contribution is 5.85. The summed E-state index contributed by atoms with van der Waals surface area (Å²) in [6.07, 6.45) is 4.23. The van der Waals surface area contributed by atoms with Crippen LogP contribution in [-0.2, 0) is 14.3 Å². The van der Waals surface area contributed by atoms with Gasteiger partial charge in [0.1, 0.15) is 6.04 Å². The molecule has 1 N–H and O–H groups in total. The van der Waals surface area contributed by atoms with Crippen LogP contribution in [0.1, 0.15) is 45.4 Å². The molecule has 0 radical (unpaired) electrons. The van der Waals surface area contributed by atoms with Crippen LogP contribution < -0.4 is 0 Å². The Labute approximate surface area is 108 Å². The summed E-state index contributed by atoms with van der Waals surface area (Å²) < 4.78 is 4.66. The van der Waals surface area contributed by atoms with E-state index in [-0.39, 0.29) is 18.9 Å². The van der Waals surface area contributed by atoms with Gasteiger partial charge in [0, 0.05) is 19.4 Å². The Bertz CT molecular complexity index is 293. The van der Waals surface area contributed by atoms with Crippen molar-refractivity contribution in [1.29, 1.82) is 0 Å². The first kappa shape index (κ1) is 15.0. The largest absolute Gasteiger partial charge is 0.467 e. The zero-order chi connectivity index (χ0) is 13.5. The number of rotatable bonds is 6. The van der Waals surface area contributed by atoms with Crippen molar-refractivity contribution in [3.05, 3.63) is 0 Å². The lowest BCUT2D eigenvalue weighted by Gasteiger charge is -2.22. The number of methoxy groups -OCH3 is 1. The number of amides is 1. The van der Waals surface area contributed by atoms with Crippen LogP contribution in [0.3, 0.4) is 0 Å². The van der Waals surface area contributed by atoms with Crippen LogP contribution in [0, 0.1) is 0 Å². The molecule has 18 heavy (non-hydrogen) atoms. The first-order valence-corrected chi connectivity index (χ1v) is 6.65. The van der Waals surface area contributed by atoms with E-state index in [4.69, 9.17) is 0 Å². The van der Waals surface area contributed by atoms with Gasteiger partial charge in [0.05, 0.1) is 13.2 Å². The van der Waals surface area contributed by atoms with Crippen molar-refractivity contribution >= 4 is 11.9 Å². The highest BCUT2D eigenvalue weighted by Gasteiger charge is 2.39. The lowest BCUT2D eigenvalue weighted by atomic mass is 10.1. The highest BCUT2D eigenvalue weighted by atomic mass is 16.5. The van der Waals surface area contributed by atoms with E-state index in [2.05, 4.69) is 11.7 Å². The van der Waals surface area contributed by atoms with Gasteiger partial charge in [0.25, 0.3) is 0 Å². The van der Waals surface area contributed by atoms with Gasteiger partial charge in [-0.2, -0.15) is 0 Å². The number of unbranched alkanes of at least 4 members (excludes halogenated alkanes) is 3. The predicted octanol–water partition coefficient (Wildman–Crippen LogP) is 1.09. The van der Waals surface area contributed by atoms with Crippen molar-refractivity contribution in [2.24, 2.45) is 0 Å². The summed E-state index contributed by atoms with van der Waals surface area (Å²) in [5.41, 5.74) is 0. The van der Waals surface area contributed by atoms with E-state index in [0.717, 1.165) is 25.7 Å². The summed E-state index contributed by atoms with van der Waals surface area (Å²) in [5.74, 6) is -0.494. The number of likely N-dealkylation sites (tertiary alicyclic amines) is 1. The van der Waals surface area contributed by atoms with Crippen molar-refractivity contribution in [2.75, 3.05) is 13.7 Å². The first-order chi connectivity index (χ1) is 8.60. The summed E-state index contributed by atoms with van der Waals surface area (Å²) in [5, 5.41) is 9.57. The third-order valence-corrected chi connectivity index (χ3v) is 3.32. The lowest BCUT2D eigenvalue weighted by Crippen LogP contribution is -2.41. The molecule has 5 heteroatoms. The van der Waals surface area contributed by atoms with E-state index in [1.54, 1.807) is 0 Å². The third kappa shape index (κ3) is 3.98. The van der Waals surface area contributed by atoms with Crippen molar-refractivity contribution in [1.82, 2.24) is 4.90 Å². The Balaban J connectivity index is 2.46. The van der Waals surface area contributed by atoms with Crippen LogP contribution in [0.15, 0.2) is 0 Å². The van der Waals surface area contributed by atoms with E-state index in [1.807, 2.05) is 0 Å². The van der Waals surface area contributed by atoms with E-state index in [0.29, 0.717) is 6.42 Å². The Morgan fingerprint density at radius 1 is 1.33 bits per heavy atom. The summed E-state index contributed by atoms with van der Waals surface area (Å²) in [4.78, 5) is 25.0. The summed E-state index contributed by atoms with van der Waals surface area (Å²) in [6.45, 7) is 2.36. The fourth-order valence-corrected chi connectivity index (χ4v) is 2.30. The molecule has 5 nitrogen and oxygen atoms in total. The summed E-state index contributed by atoms with van der Waals surface area (Å²) in [6, 6.07) is -0.608. The van der Waals surface area contributed by atoms with Crippen LogP contribution in [0.5, 0.6) is 0 Å². The van der Waals surface area contributed by atoms with Gasteiger partial charge in [0.2, 0.25) is 5.91 Å². The number of aliphatic hydroxyl groups is 1. The molecule has 2 unspecified atom stereocenters. The second-order valence-corrected chi connectivity index (χ2v) is 4.79. The average Bonchev–Trinajstić information content (AvgIpc) is 2.75. The Kier molecular flexibility index (Phi) is 6.12. The van der Waals surface area contributed by atoms with E-state index in [9.17, 15) is 14.7 Å². The van der Waals surface area contributed by atoms with Crippen LogP contribution in [-0.4, -0.2) is 47.7 Å². The van der Waals surface area contributed by atoms with Crippen molar-refractivity contribution in [3.63, 3.8) is 0 Å². The third-order valence-electron chi connectivity index (χ3n) is 3.32. The molecule has 0 aromatic heterocycles.